The van der Waals surface area contributed by atoms with Crippen molar-refractivity contribution in [2.75, 3.05) is 49.1 Å². The van der Waals surface area contributed by atoms with Gasteiger partial charge in [0.2, 0.25) is 0 Å². The highest BCUT2D eigenvalue weighted by molar-refractivity contribution is 7.80. The summed E-state index contributed by atoms with van der Waals surface area (Å²) in [6.07, 6.45) is 4.90. The number of amides is 1. The van der Waals surface area contributed by atoms with Gasteiger partial charge in [0.05, 0.1) is 22.5 Å². The Kier molecular flexibility index (Phi) is 8.30. The molecule has 3 N–H and O–H groups in total. The minimum Gasteiger partial charge on any atom is -0.375 e. The van der Waals surface area contributed by atoms with Crippen LogP contribution in [-0.2, 0) is 0 Å². The highest BCUT2D eigenvalue weighted by Gasteiger charge is 2.26. The molecule has 0 aliphatic carbocycles. The van der Waals surface area contributed by atoms with Crippen molar-refractivity contribution in [1.29, 1.82) is 0 Å². The first-order chi connectivity index (χ1) is 16.8. The number of hydrogen-bond donors (Lipinski definition) is 2. The van der Waals surface area contributed by atoms with Crippen molar-refractivity contribution in [1.82, 2.24) is 10.3 Å². The highest BCUT2D eigenvalue weighted by Crippen LogP contribution is 2.32. The zero-order valence-electron chi connectivity index (χ0n) is 19.1. The maximum Gasteiger partial charge on any atom is 0.255 e. The molecule has 35 heavy (non-hydrogen) atoms. The zero-order valence-corrected chi connectivity index (χ0v) is 21.5. The molecule has 4 rings (SSSR count). The van der Waals surface area contributed by atoms with Gasteiger partial charge in [-0.3, -0.25) is 10.2 Å². The Morgan fingerprint density at radius 3 is 2.34 bits per heavy atom. The summed E-state index contributed by atoms with van der Waals surface area (Å²) in [5.41, 5.74) is 10.5. The normalized spacial score (nSPS) is 16.6. The molecule has 0 spiro atoms. The van der Waals surface area contributed by atoms with Gasteiger partial charge < -0.3 is 20.4 Å². The van der Waals surface area contributed by atoms with Crippen LogP contribution in [0.1, 0.15) is 35.2 Å². The first kappa shape index (κ1) is 25.5. The lowest BCUT2D eigenvalue weighted by molar-refractivity contribution is 0.0747. The summed E-state index contributed by atoms with van der Waals surface area (Å²) in [4.78, 5) is 18.9. The first-order valence-electron chi connectivity index (χ1n) is 11.5. The molecule has 0 bridgehead atoms. The van der Waals surface area contributed by atoms with Crippen molar-refractivity contribution < 1.29 is 9.18 Å². The van der Waals surface area contributed by atoms with Gasteiger partial charge in [0, 0.05) is 55.5 Å². The first-order valence-corrected chi connectivity index (χ1v) is 12.7. The average molecular weight is 537 g/mol. The van der Waals surface area contributed by atoms with Gasteiger partial charge >= 0.3 is 0 Å². The third kappa shape index (κ3) is 6.15. The molecule has 0 saturated carbocycles. The van der Waals surface area contributed by atoms with Gasteiger partial charge in [0.25, 0.3) is 5.91 Å². The standard InChI is InChI=1S/C24H27Cl2FN6OS/c25-17-4-5-18(19(26)13-17)23(34)33-10-8-32(9-11-33)22-14-21(31-6-2-1-3-7-31)16(12-20(22)27)15-29-30-24(28)35/h4-5,12-15H,1-3,6-11H2,(H3,28,30,35). The van der Waals surface area contributed by atoms with Crippen molar-refractivity contribution >= 4 is 64.0 Å². The SMILES string of the molecule is NC(=S)NN=Cc1cc(F)c(N2CCN(C(=O)c3ccc(Cl)cc3Cl)CC2)cc1N1CCCCC1. The van der Waals surface area contributed by atoms with E-state index in [4.69, 9.17) is 41.2 Å². The van der Waals surface area contributed by atoms with Gasteiger partial charge in [-0.15, -0.1) is 0 Å². The summed E-state index contributed by atoms with van der Waals surface area (Å²) >= 11 is 17.0. The van der Waals surface area contributed by atoms with Crippen LogP contribution >= 0.6 is 35.4 Å². The summed E-state index contributed by atoms with van der Waals surface area (Å²) in [5, 5.41) is 4.89. The fraction of sp³-hybridized carbons (Fsp3) is 0.375. The van der Waals surface area contributed by atoms with Crippen LogP contribution in [0, 0.1) is 5.82 Å². The molecule has 2 aromatic rings. The fourth-order valence-corrected chi connectivity index (χ4v) is 5.01. The molecule has 2 saturated heterocycles. The van der Waals surface area contributed by atoms with Gasteiger partial charge in [-0.05, 0) is 61.8 Å². The van der Waals surface area contributed by atoms with Crippen LogP contribution < -0.4 is 21.0 Å². The largest absolute Gasteiger partial charge is 0.375 e. The number of nitrogens with one attached hydrogen (secondary N) is 1. The van der Waals surface area contributed by atoms with E-state index in [0.717, 1.165) is 31.6 Å². The van der Waals surface area contributed by atoms with E-state index in [9.17, 15) is 4.79 Å². The molecule has 0 aromatic heterocycles. The Morgan fingerprint density at radius 2 is 1.69 bits per heavy atom. The quantitative estimate of drug-likeness (QED) is 0.338. The molecule has 186 valence electrons. The fourth-order valence-electron chi connectivity index (χ4n) is 4.47. The van der Waals surface area contributed by atoms with Gasteiger partial charge in [0.15, 0.2) is 5.11 Å². The second-order valence-corrected chi connectivity index (χ2v) is 9.83. The van der Waals surface area contributed by atoms with Gasteiger partial charge in [-0.25, -0.2) is 4.39 Å². The molecular weight excluding hydrogens is 510 g/mol. The average Bonchev–Trinajstić information content (AvgIpc) is 2.84. The van der Waals surface area contributed by atoms with E-state index < -0.39 is 0 Å². The van der Waals surface area contributed by atoms with E-state index in [1.807, 2.05) is 11.0 Å². The number of piperazine rings is 1. The number of thiocarbonyl (C=S) groups is 1. The van der Waals surface area contributed by atoms with Crippen molar-refractivity contribution in [3.63, 3.8) is 0 Å². The summed E-state index contributed by atoms with van der Waals surface area (Å²) in [7, 11) is 0. The second-order valence-electron chi connectivity index (χ2n) is 8.55. The Bertz CT molecular complexity index is 1130. The lowest BCUT2D eigenvalue weighted by atomic mass is 10.1. The van der Waals surface area contributed by atoms with E-state index in [0.29, 0.717) is 53.0 Å². The minimum absolute atomic E-state index is 0.0465. The Hall–Kier alpha value is -2.62. The van der Waals surface area contributed by atoms with Crippen LogP contribution in [0.2, 0.25) is 10.0 Å². The van der Waals surface area contributed by atoms with Crippen LogP contribution in [0.4, 0.5) is 15.8 Å². The number of carbonyl (C=O) groups excluding carboxylic acids is 1. The van der Waals surface area contributed by atoms with Crippen LogP contribution in [0.5, 0.6) is 0 Å². The second kappa shape index (κ2) is 11.4. The highest BCUT2D eigenvalue weighted by atomic mass is 35.5. The maximum atomic E-state index is 15.3. The molecule has 2 heterocycles. The summed E-state index contributed by atoms with van der Waals surface area (Å²) in [6, 6.07) is 8.23. The Balaban J connectivity index is 1.53. The lowest BCUT2D eigenvalue weighted by Gasteiger charge is -2.37. The molecule has 2 aromatic carbocycles. The number of carbonyl (C=O) groups is 1. The summed E-state index contributed by atoms with van der Waals surface area (Å²) in [5.74, 6) is -0.499. The van der Waals surface area contributed by atoms with Crippen LogP contribution in [0.3, 0.4) is 0 Å². The summed E-state index contributed by atoms with van der Waals surface area (Å²) < 4.78 is 15.3. The molecule has 7 nitrogen and oxygen atoms in total. The molecule has 2 aliphatic heterocycles. The predicted octanol–water partition coefficient (Wildman–Crippen LogP) is 4.25. The lowest BCUT2D eigenvalue weighted by Crippen LogP contribution is -2.49. The minimum atomic E-state index is -0.344. The van der Waals surface area contributed by atoms with Crippen molar-refractivity contribution in [2.24, 2.45) is 10.8 Å². The van der Waals surface area contributed by atoms with Crippen LogP contribution in [0.15, 0.2) is 35.4 Å². The van der Waals surface area contributed by atoms with Crippen molar-refractivity contribution in [2.45, 2.75) is 19.3 Å². The van der Waals surface area contributed by atoms with Gasteiger partial charge in [-0.1, -0.05) is 23.2 Å². The molecule has 0 unspecified atom stereocenters. The Morgan fingerprint density at radius 1 is 1.00 bits per heavy atom. The number of halogens is 3. The van der Waals surface area contributed by atoms with E-state index in [1.165, 1.54) is 12.5 Å². The maximum absolute atomic E-state index is 15.3. The summed E-state index contributed by atoms with van der Waals surface area (Å²) in [6.45, 7) is 3.72. The van der Waals surface area contributed by atoms with Crippen LogP contribution in [0.25, 0.3) is 0 Å². The molecule has 0 atom stereocenters. The molecule has 1 amide bonds. The molecule has 0 radical (unpaired) electrons. The van der Waals surface area contributed by atoms with E-state index >= 15 is 4.39 Å². The number of hydrazone groups is 1. The number of anilines is 2. The topological polar surface area (TPSA) is 77.2 Å². The molecule has 2 aliphatic rings. The van der Waals surface area contributed by atoms with E-state index in [2.05, 4.69) is 15.4 Å². The van der Waals surface area contributed by atoms with Crippen molar-refractivity contribution in [3.8, 4) is 0 Å². The number of rotatable bonds is 5. The van der Waals surface area contributed by atoms with E-state index in [1.54, 1.807) is 29.3 Å². The van der Waals surface area contributed by atoms with Crippen LogP contribution in [-0.4, -0.2) is 61.4 Å². The van der Waals surface area contributed by atoms with Crippen molar-refractivity contribution in [3.05, 3.63) is 57.3 Å². The van der Waals surface area contributed by atoms with E-state index in [-0.39, 0.29) is 16.8 Å². The molecule has 2 fully saturated rings. The third-order valence-corrected chi connectivity index (χ3v) is 6.88. The number of benzene rings is 2. The molecular formula is C24H27Cl2FN6OS. The number of piperidine rings is 1. The Labute approximate surface area is 219 Å². The third-order valence-electron chi connectivity index (χ3n) is 6.24. The van der Waals surface area contributed by atoms with Gasteiger partial charge in [0.1, 0.15) is 5.82 Å². The number of hydrogen-bond acceptors (Lipinski definition) is 5. The smallest absolute Gasteiger partial charge is 0.255 e. The zero-order chi connectivity index (χ0) is 24.9. The number of nitrogens with zero attached hydrogens (tertiary/aromatic N) is 4. The molecule has 11 heteroatoms. The monoisotopic (exact) mass is 536 g/mol. The number of nitrogens with two attached hydrogens (primary N) is 1. The van der Waals surface area contributed by atoms with Gasteiger partial charge in [-0.2, -0.15) is 5.10 Å². The predicted molar refractivity (Wildman–Crippen MR) is 145 cm³/mol.